The molecule has 1 aromatic rings. The fourth-order valence-electron chi connectivity index (χ4n) is 2.72. The van der Waals surface area contributed by atoms with Crippen molar-refractivity contribution < 1.29 is 4.79 Å². The molecule has 2 unspecified atom stereocenters. The summed E-state index contributed by atoms with van der Waals surface area (Å²) in [4.78, 5) is 12.1. The fraction of sp³-hybridized carbons (Fsp3) is 0.533. The number of benzene rings is 1. The highest BCUT2D eigenvalue weighted by atomic mass is 79.9. The first-order valence-electron chi connectivity index (χ1n) is 6.91. The summed E-state index contributed by atoms with van der Waals surface area (Å²) in [5, 5.41) is 3.56. The zero-order valence-electron chi connectivity index (χ0n) is 11.2. The predicted molar refractivity (Wildman–Crippen MR) is 87.7 cm³/mol. The summed E-state index contributed by atoms with van der Waals surface area (Å²) >= 11 is 15.3. The third kappa shape index (κ3) is 4.12. The first-order chi connectivity index (χ1) is 9.61. The quantitative estimate of drug-likeness (QED) is 0.743. The van der Waals surface area contributed by atoms with Crippen LogP contribution in [-0.4, -0.2) is 18.3 Å². The second-order valence-electron chi connectivity index (χ2n) is 5.30. The van der Waals surface area contributed by atoms with Gasteiger partial charge >= 0.3 is 0 Å². The van der Waals surface area contributed by atoms with Crippen molar-refractivity contribution in [3.8, 4) is 0 Å². The number of carbonyl (C=O) groups excluding carboxylic acids is 1. The standard InChI is InChI=1S/C15H18BrCl2NO/c16-13-6-5-10(7-14(13)18)15(20)19-9-12-4-2-1-3-11(12)8-17/h5-7,11-12H,1-4,8-9H2,(H,19,20). The lowest BCUT2D eigenvalue weighted by Crippen LogP contribution is -2.34. The van der Waals surface area contributed by atoms with Gasteiger partial charge in [0.15, 0.2) is 0 Å². The molecular weight excluding hydrogens is 361 g/mol. The van der Waals surface area contributed by atoms with Crippen molar-refractivity contribution in [3.05, 3.63) is 33.3 Å². The van der Waals surface area contributed by atoms with Crippen molar-refractivity contribution in [1.29, 1.82) is 0 Å². The highest BCUT2D eigenvalue weighted by molar-refractivity contribution is 9.10. The Morgan fingerprint density at radius 2 is 2.00 bits per heavy atom. The van der Waals surface area contributed by atoms with Crippen LogP contribution < -0.4 is 5.32 Å². The molecule has 1 aromatic carbocycles. The average molecular weight is 379 g/mol. The highest BCUT2D eigenvalue weighted by Crippen LogP contribution is 2.30. The van der Waals surface area contributed by atoms with Crippen LogP contribution in [0.3, 0.4) is 0 Å². The number of rotatable bonds is 4. The van der Waals surface area contributed by atoms with Crippen LogP contribution in [0.4, 0.5) is 0 Å². The summed E-state index contributed by atoms with van der Waals surface area (Å²) in [5.41, 5.74) is 0.594. The Morgan fingerprint density at radius 3 is 2.65 bits per heavy atom. The molecule has 110 valence electrons. The summed E-state index contributed by atoms with van der Waals surface area (Å²) in [6.45, 7) is 0.698. The topological polar surface area (TPSA) is 29.1 Å². The van der Waals surface area contributed by atoms with E-state index in [0.717, 1.165) is 10.9 Å². The molecule has 0 aromatic heterocycles. The van der Waals surface area contributed by atoms with E-state index in [9.17, 15) is 4.79 Å². The lowest BCUT2D eigenvalue weighted by atomic mass is 9.80. The number of nitrogens with one attached hydrogen (secondary N) is 1. The van der Waals surface area contributed by atoms with Gasteiger partial charge in [-0.05, 0) is 58.8 Å². The number of hydrogen-bond donors (Lipinski definition) is 1. The molecule has 1 N–H and O–H groups in total. The first kappa shape index (κ1) is 16.1. The second-order valence-corrected chi connectivity index (χ2v) is 6.87. The van der Waals surface area contributed by atoms with Crippen LogP contribution in [0.1, 0.15) is 36.0 Å². The predicted octanol–water partition coefficient (Wildman–Crippen LogP) is 4.88. The van der Waals surface area contributed by atoms with Gasteiger partial charge in [-0.15, -0.1) is 11.6 Å². The smallest absolute Gasteiger partial charge is 0.251 e. The van der Waals surface area contributed by atoms with E-state index in [1.54, 1.807) is 18.2 Å². The minimum atomic E-state index is -0.0710. The zero-order valence-corrected chi connectivity index (χ0v) is 14.3. The van der Waals surface area contributed by atoms with Gasteiger partial charge in [-0.3, -0.25) is 4.79 Å². The van der Waals surface area contributed by atoms with E-state index in [2.05, 4.69) is 21.2 Å². The van der Waals surface area contributed by atoms with Gasteiger partial charge in [-0.1, -0.05) is 24.4 Å². The SMILES string of the molecule is O=C(NCC1CCCCC1CCl)c1ccc(Br)c(Cl)c1. The van der Waals surface area contributed by atoms with Crippen LogP contribution >= 0.6 is 39.1 Å². The Hall–Kier alpha value is -0.250. The van der Waals surface area contributed by atoms with Crippen LogP contribution in [-0.2, 0) is 0 Å². The van der Waals surface area contributed by atoms with Crippen molar-refractivity contribution in [3.63, 3.8) is 0 Å². The van der Waals surface area contributed by atoms with E-state index in [1.807, 2.05) is 0 Å². The normalized spacial score (nSPS) is 22.6. The van der Waals surface area contributed by atoms with E-state index < -0.39 is 0 Å². The molecule has 5 heteroatoms. The summed E-state index contributed by atoms with van der Waals surface area (Å²) < 4.78 is 0.796. The number of alkyl halides is 1. The van der Waals surface area contributed by atoms with E-state index >= 15 is 0 Å². The van der Waals surface area contributed by atoms with Crippen LogP contribution in [0.2, 0.25) is 5.02 Å². The molecule has 2 atom stereocenters. The van der Waals surface area contributed by atoms with Gasteiger partial charge in [0, 0.05) is 22.5 Å². The largest absolute Gasteiger partial charge is 0.352 e. The number of halogens is 3. The number of hydrogen-bond acceptors (Lipinski definition) is 1. The van der Waals surface area contributed by atoms with Crippen molar-refractivity contribution in [1.82, 2.24) is 5.32 Å². The molecule has 2 nitrogen and oxygen atoms in total. The van der Waals surface area contributed by atoms with E-state index in [4.69, 9.17) is 23.2 Å². The molecular formula is C15H18BrCl2NO. The summed E-state index contributed by atoms with van der Waals surface area (Å²) in [6, 6.07) is 5.24. The van der Waals surface area contributed by atoms with Gasteiger partial charge < -0.3 is 5.32 Å². The molecule has 1 aliphatic carbocycles. The second kappa shape index (κ2) is 7.67. The molecule has 2 rings (SSSR count). The van der Waals surface area contributed by atoms with Crippen molar-refractivity contribution >= 4 is 45.0 Å². The molecule has 20 heavy (non-hydrogen) atoms. The maximum Gasteiger partial charge on any atom is 0.251 e. The van der Waals surface area contributed by atoms with Crippen LogP contribution in [0.5, 0.6) is 0 Å². The Morgan fingerprint density at radius 1 is 1.30 bits per heavy atom. The monoisotopic (exact) mass is 377 g/mol. The number of carbonyl (C=O) groups is 1. The molecule has 0 heterocycles. The van der Waals surface area contributed by atoms with E-state index in [0.29, 0.717) is 34.8 Å². The van der Waals surface area contributed by atoms with Gasteiger partial charge in [0.1, 0.15) is 0 Å². The molecule has 1 fully saturated rings. The maximum absolute atomic E-state index is 12.1. The lowest BCUT2D eigenvalue weighted by molar-refractivity contribution is 0.0936. The fourth-order valence-corrected chi connectivity index (χ4v) is 3.55. The maximum atomic E-state index is 12.1. The molecule has 0 saturated heterocycles. The minimum absolute atomic E-state index is 0.0710. The van der Waals surface area contributed by atoms with Gasteiger partial charge in [-0.25, -0.2) is 0 Å². The summed E-state index contributed by atoms with van der Waals surface area (Å²) in [5.74, 6) is 1.64. The van der Waals surface area contributed by atoms with Crippen LogP contribution in [0.25, 0.3) is 0 Å². The molecule has 1 saturated carbocycles. The zero-order chi connectivity index (χ0) is 14.5. The van der Waals surface area contributed by atoms with Crippen molar-refractivity contribution in [2.24, 2.45) is 11.8 Å². The molecule has 0 radical (unpaired) electrons. The third-order valence-corrected chi connectivity index (χ3v) is 5.60. The Bertz CT molecular complexity index is 481. The molecule has 0 spiro atoms. The summed E-state index contributed by atoms with van der Waals surface area (Å²) in [6.07, 6.45) is 4.81. The van der Waals surface area contributed by atoms with Gasteiger partial charge in [0.2, 0.25) is 0 Å². The van der Waals surface area contributed by atoms with Gasteiger partial charge in [0.05, 0.1) is 5.02 Å². The van der Waals surface area contributed by atoms with Gasteiger partial charge in [0.25, 0.3) is 5.91 Å². The lowest BCUT2D eigenvalue weighted by Gasteiger charge is -2.30. The first-order valence-corrected chi connectivity index (χ1v) is 8.61. The Labute approximate surface area is 138 Å². The van der Waals surface area contributed by atoms with Crippen molar-refractivity contribution in [2.75, 3.05) is 12.4 Å². The molecule has 1 aliphatic rings. The summed E-state index contributed by atoms with van der Waals surface area (Å²) in [7, 11) is 0. The van der Waals surface area contributed by atoms with Gasteiger partial charge in [-0.2, -0.15) is 0 Å². The highest BCUT2D eigenvalue weighted by Gasteiger charge is 2.24. The minimum Gasteiger partial charge on any atom is -0.352 e. The van der Waals surface area contributed by atoms with E-state index in [1.165, 1.54) is 19.3 Å². The molecule has 0 bridgehead atoms. The van der Waals surface area contributed by atoms with Crippen LogP contribution in [0, 0.1) is 11.8 Å². The average Bonchev–Trinajstić information content (AvgIpc) is 2.47. The Kier molecular flexibility index (Phi) is 6.19. The Balaban J connectivity index is 1.92. The van der Waals surface area contributed by atoms with E-state index in [-0.39, 0.29) is 5.91 Å². The third-order valence-electron chi connectivity index (χ3n) is 3.97. The number of amides is 1. The van der Waals surface area contributed by atoms with Crippen LogP contribution in [0.15, 0.2) is 22.7 Å². The van der Waals surface area contributed by atoms with Crippen molar-refractivity contribution in [2.45, 2.75) is 25.7 Å². The molecule has 0 aliphatic heterocycles. The molecule has 1 amide bonds.